The molecule has 0 saturated heterocycles. The van der Waals surface area contributed by atoms with E-state index in [0.717, 1.165) is 16.5 Å². The number of aromatic amines is 1. The number of nitrogens with zero attached hydrogens (tertiary/aromatic N) is 1. The Bertz CT molecular complexity index is 853. The SMILES string of the molecule is O=C(CCc1c[nH]c2ccccc12)Nc1ccc([N+](=O)[O-])cc1. The van der Waals surface area contributed by atoms with Gasteiger partial charge in [0.15, 0.2) is 0 Å². The predicted octanol–water partition coefficient (Wildman–Crippen LogP) is 3.65. The number of amides is 1. The fourth-order valence-corrected chi connectivity index (χ4v) is 2.48. The van der Waals surface area contributed by atoms with E-state index in [1.165, 1.54) is 24.3 Å². The average Bonchev–Trinajstić information content (AvgIpc) is 2.97. The second-order valence-corrected chi connectivity index (χ2v) is 5.21. The number of anilines is 1. The Morgan fingerprint density at radius 1 is 1.13 bits per heavy atom. The molecule has 0 saturated carbocycles. The number of nitrogens with one attached hydrogen (secondary N) is 2. The summed E-state index contributed by atoms with van der Waals surface area (Å²) in [5.41, 5.74) is 2.71. The standard InChI is InChI=1S/C17H15N3O3/c21-17(19-13-6-8-14(9-7-13)20(22)23)10-5-12-11-18-16-4-2-1-3-15(12)16/h1-4,6-9,11,18H,5,10H2,(H,19,21). The minimum Gasteiger partial charge on any atom is -0.361 e. The summed E-state index contributed by atoms with van der Waals surface area (Å²) in [4.78, 5) is 25.3. The minimum absolute atomic E-state index is 0.00166. The largest absolute Gasteiger partial charge is 0.361 e. The van der Waals surface area contributed by atoms with Crippen molar-refractivity contribution in [3.8, 4) is 0 Å². The van der Waals surface area contributed by atoms with E-state index in [9.17, 15) is 14.9 Å². The zero-order valence-corrected chi connectivity index (χ0v) is 12.3. The molecular weight excluding hydrogens is 294 g/mol. The van der Waals surface area contributed by atoms with Crippen molar-refractivity contribution in [1.29, 1.82) is 0 Å². The molecule has 0 aliphatic heterocycles. The topological polar surface area (TPSA) is 88.0 Å². The third-order valence-corrected chi connectivity index (χ3v) is 3.66. The van der Waals surface area contributed by atoms with Gasteiger partial charge in [-0.15, -0.1) is 0 Å². The van der Waals surface area contributed by atoms with Crippen LogP contribution in [0.15, 0.2) is 54.7 Å². The van der Waals surface area contributed by atoms with Crippen LogP contribution in [0.3, 0.4) is 0 Å². The number of H-pyrrole nitrogens is 1. The van der Waals surface area contributed by atoms with E-state index in [1.54, 1.807) is 0 Å². The molecule has 116 valence electrons. The molecule has 0 bridgehead atoms. The van der Waals surface area contributed by atoms with Crippen molar-refractivity contribution in [2.75, 3.05) is 5.32 Å². The van der Waals surface area contributed by atoms with Gasteiger partial charge in [0.1, 0.15) is 0 Å². The Morgan fingerprint density at radius 2 is 1.87 bits per heavy atom. The molecule has 6 heteroatoms. The van der Waals surface area contributed by atoms with Gasteiger partial charge in [-0.05, 0) is 30.2 Å². The molecule has 2 N–H and O–H groups in total. The lowest BCUT2D eigenvalue weighted by atomic mass is 10.1. The van der Waals surface area contributed by atoms with Gasteiger partial charge in [-0.25, -0.2) is 0 Å². The third-order valence-electron chi connectivity index (χ3n) is 3.66. The third kappa shape index (κ3) is 3.37. The predicted molar refractivity (Wildman–Crippen MR) is 88.3 cm³/mol. The Hall–Kier alpha value is -3.15. The molecule has 1 aromatic heterocycles. The first-order chi connectivity index (χ1) is 11.1. The van der Waals surface area contributed by atoms with E-state index >= 15 is 0 Å². The van der Waals surface area contributed by atoms with Gasteiger partial charge in [0, 0.05) is 41.3 Å². The van der Waals surface area contributed by atoms with Crippen molar-refractivity contribution >= 4 is 28.2 Å². The normalized spacial score (nSPS) is 10.6. The average molecular weight is 309 g/mol. The quantitative estimate of drug-likeness (QED) is 0.557. The lowest BCUT2D eigenvalue weighted by Crippen LogP contribution is -2.12. The number of nitro benzene ring substituents is 1. The zero-order valence-electron chi connectivity index (χ0n) is 12.3. The monoisotopic (exact) mass is 309 g/mol. The molecule has 6 nitrogen and oxygen atoms in total. The molecule has 0 atom stereocenters. The highest BCUT2D eigenvalue weighted by atomic mass is 16.6. The summed E-state index contributed by atoms with van der Waals surface area (Å²) in [5.74, 6) is -0.121. The molecule has 0 aliphatic rings. The van der Waals surface area contributed by atoms with Crippen molar-refractivity contribution < 1.29 is 9.72 Å². The number of para-hydroxylation sites is 1. The maximum atomic E-state index is 12.0. The summed E-state index contributed by atoms with van der Waals surface area (Å²) in [6.45, 7) is 0. The maximum absolute atomic E-state index is 12.0. The number of fused-ring (bicyclic) bond motifs is 1. The molecule has 2 aromatic carbocycles. The number of benzene rings is 2. The van der Waals surface area contributed by atoms with E-state index in [-0.39, 0.29) is 11.6 Å². The Kier molecular flexibility index (Phi) is 4.05. The number of hydrogen-bond donors (Lipinski definition) is 2. The minimum atomic E-state index is -0.470. The van der Waals surface area contributed by atoms with Crippen LogP contribution in [0.2, 0.25) is 0 Å². The van der Waals surface area contributed by atoms with Gasteiger partial charge < -0.3 is 10.3 Å². The molecule has 3 rings (SSSR count). The van der Waals surface area contributed by atoms with E-state index < -0.39 is 4.92 Å². The highest BCUT2D eigenvalue weighted by Crippen LogP contribution is 2.20. The molecule has 23 heavy (non-hydrogen) atoms. The van der Waals surface area contributed by atoms with Crippen molar-refractivity contribution in [3.63, 3.8) is 0 Å². The first-order valence-corrected chi connectivity index (χ1v) is 7.23. The number of nitro groups is 1. The highest BCUT2D eigenvalue weighted by Gasteiger charge is 2.08. The van der Waals surface area contributed by atoms with Gasteiger partial charge in [-0.3, -0.25) is 14.9 Å². The first-order valence-electron chi connectivity index (χ1n) is 7.23. The second kappa shape index (κ2) is 6.31. The van der Waals surface area contributed by atoms with Crippen LogP contribution >= 0.6 is 0 Å². The van der Waals surface area contributed by atoms with Crippen LogP contribution in [0.1, 0.15) is 12.0 Å². The number of hydrogen-bond acceptors (Lipinski definition) is 3. The van der Waals surface area contributed by atoms with E-state index in [1.807, 2.05) is 30.5 Å². The molecule has 0 spiro atoms. The number of carbonyl (C=O) groups is 1. The van der Waals surface area contributed by atoms with Crippen molar-refractivity contribution in [3.05, 3.63) is 70.4 Å². The van der Waals surface area contributed by atoms with E-state index in [2.05, 4.69) is 10.3 Å². The molecule has 0 unspecified atom stereocenters. The number of non-ortho nitro benzene ring substituents is 1. The summed E-state index contributed by atoms with van der Waals surface area (Å²) >= 11 is 0. The maximum Gasteiger partial charge on any atom is 0.269 e. The summed E-state index contributed by atoms with van der Waals surface area (Å²) in [7, 11) is 0. The van der Waals surface area contributed by atoms with Crippen LogP contribution in [0.25, 0.3) is 10.9 Å². The number of aryl methyl sites for hydroxylation is 1. The molecule has 0 aliphatic carbocycles. The van der Waals surface area contributed by atoms with Crippen LogP contribution in [0, 0.1) is 10.1 Å². The van der Waals surface area contributed by atoms with Crippen LogP contribution in [-0.4, -0.2) is 15.8 Å². The van der Waals surface area contributed by atoms with E-state index in [0.29, 0.717) is 18.5 Å². The summed E-state index contributed by atoms with van der Waals surface area (Å²) < 4.78 is 0. The van der Waals surface area contributed by atoms with Crippen molar-refractivity contribution in [2.24, 2.45) is 0 Å². The summed E-state index contributed by atoms with van der Waals surface area (Å²) in [6.07, 6.45) is 2.89. The van der Waals surface area contributed by atoms with Gasteiger partial charge in [-0.1, -0.05) is 18.2 Å². The summed E-state index contributed by atoms with van der Waals surface area (Å²) in [5, 5.41) is 14.5. The molecule has 1 amide bonds. The number of aromatic nitrogens is 1. The lowest BCUT2D eigenvalue weighted by molar-refractivity contribution is -0.384. The van der Waals surface area contributed by atoms with Gasteiger partial charge in [-0.2, -0.15) is 0 Å². The molecule has 1 heterocycles. The first kappa shape index (κ1) is 14.8. The van der Waals surface area contributed by atoms with Crippen LogP contribution in [0.4, 0.5) is 11.4 Å². The molecular formula is C17H15N3O3. The van der Waals surface area contributed by atoms with Crippen LogP contribution in [0.5, 0.6) is 0 Å². The molecule has 3 aromatic rings. The lowest BCUT2D eigenvalue weighted by Gasteiger charge is -2.04. The molecule has 0 fully saturated rings. The van der Waals surface area contributed by atoms with Gasteiger partial charge in [0.25, 0.3) is 5.69 Å². The van der Waals surface area contributed by atoms with Crippen LogP contribution in [-0.2, 0) is 11.2 Å². The van der Waals surface area contributed by atoms with Gasteiger partial charge >= 0.3 is 0 Å². The van der Waals surface area contributed by atoms with Gasteiger partial charge in [0.2, 0.25) is 5.91 Å². The fraction of sp³-hybridized carbons (Fsp3) is 0.118. The number of carbonyl (C=O) groups excluding carboxylic acids is 1. The Morgan fingerprint density at radius 3 is 2.61 bits per heavy atom. The van der Waals surface area contributed by atoms with Gasteiger partial charge in [0.05, 0.1) is 4.92 Å². The van der Waals surface area contributed by atoms with E-state index in [4.69, 9.17) is 0 Å². The zero-order chi connectivity index (χ0) is 16.2. The highest BCUT2D eigenvalue weighted by molar-refractivity contribution is 5.91. The Balaban J connectivity index is 1.60. The fourth-order valence-electron chi connectivity index (χ4n) is 2.48. The Labute approximate surface area is 132 Å². The second-order valence-electron chi connectivity index (χ2n) is 5.21. The smallest absolute Gasteiger partial charge is 0.269 e. The van der Waals surface area contributed by atoms with Crippen molar-refractivity contribution in [1.82, 2.24) is 4.98 Å². The van der Waals surface area contributed by atoms with Crippen molar-refractivity contribution in [2.45, 2.75) is 12.8 Å². The summed E-state index contributed by atoms with van der Waals surface area (Å²) in [6, 6.07) is 13.7. The number of rotatable bonds is 5. The molecule has 0 radical (unpaired) electrons. The van der Waals surface area contributed by atoms with Crippen LogP contribution < -0.4 is 5.32 Å².